The number of aromatic nitrogens is 3. The highest BCUT2D eigenvalue weighted by Crippen LogP contribution is 2.26. The molecule has 0 saturated carbocycles. The Balaban J connectivity index is 1.73. The van der Waals surface area contributed by atoms with Gasteiger partial charge in [0.2, 0.25) is 5.91 Å². The van der Waals surface area contributed by atoms with Gasteiger partial charge in [0.25, 0.3) is 0 Å². The van der Waals surface area contributed by atoms with Crippen LogP contribution < -0.4 is 0 Å². The minimum absolute atomic E-state index is 0.00789. The van der Waals surface area contributed by atoms with Crippen LogP contribution in [0, 0.1) is 6.92 Å². The molecule has 7 heteroatoms. The van der Waals surface area contributed by atoms with Crippen molar-refractivity contribution in [1.29, 1.82) is 0 Å². The van der Waals surface area contributed by atoms with Crippen molar-refractivity contribution in [3.8, 4) is 11.4 Å². The fourth-order valence-corrected chi connectivity index (χ4v) is 4.06. The first kappa shape index (κ1) is 22.1. The Hall–Kier alpha value is -2.64. The average Bonchev–Trinajstić information content (AvgIpc) is 3.18. The van der Waals surface area contributed by atoms with E-state index in [1.54, 1.807) is 12.0 Å². The molecule has 0 aliphatic carbocycles. The standard InChI is InChI=1S/C23H28N4O2S/c1-17-9-8-12-20(15-17)22-24-25-23(27(22)13-14-29-4)30-16-21(28)26(3)18(2)19-10-6-5-7-11-19/h5-12,15,18H,13-14,16H2,1-4H3. The SMILES string of the molecule is COCCn1c(SCC(=O)N(C)C(C)c2ccccc2)nnc1-c1cccc(C)c1. The number of aryl methyl sites for hydroxylation is 1. The van der Waals surface area contributed by atoms with E-state index in [-0.39, 0.29) is 11.9 Å². The van der Waals surface area contributed by atoms with E-state index in [2.05, 4.69) is 29.3 Å². The summed E-state index contributed by atoms with van der Waals surface area (Å²) in [5.74, 6) is 1.14. The number of ether oxygens (including phenoxy) is 1. The van der Waals surface area contributed by atoms with E-state index >= 15 is 0 Å². The van der Waals surface area contributed by atoms with Gasteiger partial charge < -0.3 is 9.64 Å². The molecular weight excluding hydrogens is 396 g/mol. The zero-order chi connectivity index (χ0) is 21.5. The van der Waals surface area contributed by atoms with Gasteiger partial charge in [-0.05, 0) is 25.5 Å². The van der Waals surface area contributed by atoms with Gasteiger partial charge >= 0.3 is 0 Å². The van der Waals surface area contributed by atoms with E-state index < -0.39 is 0 Å². The molecule has 0 fully saturated rings. The molecule has 0 saturated heterocycles. The molecule has 3 aromatic rings. The van der Waals surface area contributed by atoms with Crippen LogP contribution in [0.3, 0.4) is 0 Å². The number of amides is 1. The first-order valence-electron chi connectivity index (χ1n) is 9.94. The highest BCUT2D eigenvalue weighted by atomic mass is 32.2. The maximum absolute atomic E-state index is 12.8. The summed E-state index contributed by atoms with van der Waals surface area (Å²) in [7, 11) is 3.52. The molecule has 0 bridgehead atoms. The Morgan fingerprint density at radius 1 is 1.17 bits per heavy atom. The minimum Gasteiger partial charge on any atom is -0.383 e. The van der Waals surface area contributed by atoms with Crippen molar-refractivity contribution in [3.63, 3.8) is 0 Å². The summed E-state index contributed by atoms with van der Waals surface area (Å²) < 4.78 is 7.29. The molecule has 1 heterocycles. The fourth-order valence-electron chi connectivity index (χ4n) is 3.18. The van der Waals surface area contributed by atoms with Gasteiger partial charge in [0.05, 0.1) is 24.9 Å². The van der Waals surface area contributed by atoms with Crippen molar-refractivity contribution in [2.24, 2.45) is 0 Å². The number of methoxy groups -OCH3 is 1. The fraction of sp³-hybridized carbons (Fsp3) is 0.348. The summed E-state index contributed by atoms with van der Waals surface area (Å²) >= 11 is 1.41. The van der Waals surface area contributed by atoms with Crippen LogP contribution in [0.25, 0.3) is 11.4 Å². The second-order valence-electron chi connectivity index (χ2n) is 7.20. The first-order chi connectivity index (χ1) is 14.5. The second kappa shape index (κ2) is 10.4. The lowest BCUT2D eigenvalue weighted by Crippen LogP contribution is -2.31. The third-order valence-electron chi connectivity index (χ3n) is 5.09. The van der Waals surface area contributed by atoms with Crippen molar-refractivity contribution in [2.45, 2.75) is 31.6 Å². The van der Waals surface area contributed by atoms with Gasteiger partial charge in [-0.25, -0.2) is 0 Å². The van der Waals surface area contributed by atoms with Crippen molar-refractivity contribution in [3.05, 3.63) is 65.7 Å². The molecule has 0 aliphatic heterocycles. The number of carbonyl (C=O) groups is 1. The summed E-state index contributed by atoms with van der Waals surface area (Å²) in [4.78, 5) is 14.6. The molecule has 1 amide bonds. The first-order valence-corrected chi connectivity index (χ1v) is 10.9. The summed E-state index contributed by atoms with van der Waals surface area (Å²) in [6.07, 6.45) is 0. The van der Waals surface area contributed by atoms with E-state index in [0.29, 0.717) is 18.9 Å². The highest BCUT2D eigenvalue weighted by molar-refractivity contribution is 7.99. The molecule has 0 spiro atoms. The van der Waals surface area contributed by atoms with Gasteiger partial charge in [0.15, 0.2) is 11.0 Å². The van der Waals surface area contributed by atoms with Crippen molar-refractivity contribution < 1.29 is 9.53 Å². The van der Waals surface area contributed by atoms with Gasteiger partial charge in [0, 0.05) is 19.7 Å². The predicted octanol–water partition coefficient (Wildman–Crippen LogP) is 4.21. The molecule has 1 atom stereocenters. The molecular formula is C23H28N4O2S. The van der Waals surface area contributed by atoms with Crippen LogP contribution in [0.2, 0.25) is 0 Å². The summed E-state index contributed by atoms with van der Waals surface area (Å²) in [5.41, 5.74) is 3.28. The third-order valence-corrected chi connectivity index (χ3v) is 6.04. The average molecular weight is 425 g/mol. The lowest BCUT2D eigenvalue weighted by atomic mass is 10.1. The van der Waals surface area contributed by atoms with Crippen LogP contribution in [0.5, 0.6) is 0 Å². The number of thioether (sulfide) groups is 1. The van der Waals surface area contributed by atoms with Crippen LogP contribution in [0.15, 0.2) is 59.8 Å². The Morgan fingerprint density at radius 2 is 1.93 bits per heavy atom. The topological polar surface area (TPSA) is 60.2 Å². The number of nitrogens with zero attached hydrogens (tertiary/aromatic N) is 4. The summed E-state index contributed by atoms with van der Waals surface area (Å²) in [6, 6.07) is 18.2. The van der Waals surface area contributed by atoms with Gasteiger partial charge in [-0.1, -0.05) is 65.9 Å². The molecule has 1 unspecified atom stereocenters. The number of benzene rings is 2. The minimum atomic E-state index is 0.00789. The maximum Gasteiger partial charge on any atom is 0.233 e. The molecule has 6 nitrogen and oxygen atoms in total. The smallest absolute Gasteiger partial charge is 0.233 e. The third kappa shape index (κ3) is 5.29. The number of hydrogen-bond donors (Lipinski definition) is 0. The molecule has 2 aromatic carbocycles. The number of rotatable bonds is 9. The zero-order valence-electron chi connectivity index (χ0n) is 17.9. The predicted molar refractivity (Wildman–Crippen MR) is 120 cm³/mol. The zero-order valence-corrected chi connectivity index (χ0v) is 18.7. The molecule has 3 rings (SSSR count). The van der Waals surface area contributed by atoms with E-state index in [9.17, 15) is 4.79 Å². The van der Waals surface area contributed by atoms with E-state index in [4.69, 9.17) is 4.74 Å². The van der Waals surface area contributed by atoms with Crippen LogP contribution >= 0.6 is 11.8 Å². The second-order valence-corrected chi connectivity index (χ2v) is 8.14. The quantitative estimate of drug-likeness (QED) is 0.482. The lowest BCUT2D eigenvalue weighted by Gasteiger charge is -2.25. The molecule has 0 aliphatic rings. The number of hydrogen-bond acceptors (Lipinski definition) is 5. The van der Waals surface area contributed by atoms with Gasteiger partial charge in [-0.3, -0.25) is 9.36 Å². The largest absolute Gasteiger partial charge is 0.383 e. The van der Waals surface area contributed by atoms with E-state index in [1.165, 1.54) is 11.8 Å². The van der Waals surface area contributed by atoms with Crippen molar-refractivity contribution >= 4 is 17.7 Å². The van der Waals surface area contributed by atoms with Crippen LogP contribution in [0.4, 0.5) is 0 Å². The Morgan fingerprint density at radius 3 is 2.63 bits per heavy atom. The van der Waals surface area contributed by atoms with Gasteiger partial charge in [-0.15, -0.1) is 10.2 Å². The number of carbonyl (C=O) groups excluding carboxylic acids is 1. The van der Waals surface area contributed by atoms with E-state index in [0.717, 1.165) is 27.7 Å². The molecule has 0 N–H and O–H groups in total. The van der Waals surface area contributed by atoms with Crippen molar-refractivity contribution in [1.82, 2.24) is 19.7 Å². The Kier molecular flexibility index (Phi) is 7.65. The molecule has 158 valence electrons. The summed E-state index contributed by atoms with van der Waals surface area (Å²) in [6.45, 7) is 5.26. The Labute approximate surface area is 182 Å². The van der Waals surface area contributed by atoms with Gasteiger partial charge in [-0.2, -0.15) is 0 Å². The summed E-state index contributed by atoms with van der Waals surface area (Å²) in [5, 5.41) is 9.48. The van der Waals surface area contributed by atoms with E-state index in [1.807, 2.05) is 61.0 Å². The maximum atomic E-state index is 12.8. The highest BCUT2D eigenvalue weighted by Gasteiger charge is 2.20. The van der Waals surface area contributed by atoms with Crippen LogP contribution in [-0.4, -0.2) is 52.1 Å². The normalized spacial score (nSPS) is 12.0. The Bertz CT molecular complexity index is 974. The van der Waals surface area contributed by atoms with Crippen molar-refractivity contribution in [2.75, 3.05) is 26.5 Å². The molecule has 30 heavy (non-hydrogen) atoms. The monoisotopic (exact) mass is 424 g/mol. The van der Waals surface area contributed by atoms with Crippen LogP contribution in [-0.2, 0) is 16.1 Å². The van der Waals surface area contributed by atoms with Gasteiger partial charge in [0.1, 0.15) is 0 Å². The lowest BCUT2D eigenvalue weighted by molar-refractivity contribution is -0.128. The van der Waals surface area contributed by atoms with Crippen LogP contribution in [0.1, 0.15) is 24.1 Å². The molecule has 0 radical (unpaired) electrons. The molecule has 1 aromatic heterocycles.